The van der Waals surface area contributed by atoms with Crippen molar-refractivity contribution in [2.45, 2.75) is 173 Å². The predicted molar refractivity (Wildman–Crippen MR) is 281 cm³/mol. The highest BCUT2D eigenvalue weighted by atomic mass is 17.1. The van der Waals surface area contributed by atoms with E-state index in [9.17, 15) is 35.0 Å². The molecule has 2 aliphatic carbocycles. The minimum Gasteiger partial charge on any atom is -0.391 e. The SMILES string of the molecule is C[C@H](Cc1cnc[nH]1)NC(=O)C(NC(=O)COCCOCCNC(=O)c1ccc(/C=N/NC(=O)[C@H](C2O[C@@H]3O[C@](C)(OO)CCC4C3[C@@H](CC[C@H]4C)[C@H]2C)C2O[C@H]3O[C@@](C)(O)CCC4[C@@H](C)CC[C@H]([C@H]2C)[C@]43O)cc1)[C@@H](C)O. The fourth-order valence-corrected chi connectivity index (χ4v) is 13.9. The van der Waals surface area contributed by atoms with Crippen molar-refractivity contribution in [2.75, 3.05) is 33.0 Å². The molecule has 20 atom stereocenters. The van der Waals surface area contributed by atoms with Crippen LogP contribution in [-0.2, 0) is 54.1 Å². The van der Waals surface area contributed by atoms with Crippen LogP contribution >= 0.6 is 0 Å². The van der Waals surface area contributed by atoms with Gasteiger partial charge < -0.3 is 64.7 Å². The standard InChI is InChI=1S/C56H85N7O15/c1-30-9-15-40-33(4)47(74-52-44(40)39(30)17-20-55(8,76-52)78-71)45(48-34(5)42-16-10-31(2)41-18-19-54(7,69)77-53(75-48)56(41,42)70)50(67)63-60-26-36-11-13-37(14-12-36)49(66)58-21-22-72-23-24-73-28-43(65)62-46(35(6)64)51(68)61-32(3)25-38-27-57-29-59-38/h11-14,26-27,29-35,39-42,44-48,52-53,64,69-71H,9-10,15-25,28H2,1-8H3,(H,57,59)(H,58,66)(H,61,68)(H,62,65)(H,63,67)/b60-26+/t30-,31+,32-,33-,34-,35-,39?,40+,41?,42-,44?,45-,46?,47?,48?,52-,53+,54-,55-,56-/m1/s1. The number of carbonyl (C=O) groups is 4. The van der Waals surface area contributed by atoms with Crippen molar-refractivity contribution < 1.29 is 73.1 Å². The molecule has 0 radical (unpaired) electrons. The third kappa shape index (κ3) is 13.5. The zero-order valence-corrected chi connectivity index (χ0v) is 46.4. The Hall–Kier alpha value is -4.46. The van der Waals surface area contributed by atoms with E-state index in [4.69, 9.17) is 33.3 Å². The number of rotatable bonds is 21. The molecule has 434 valence electrons. The number of aromatic amines is 1. The minimum atomic E-state index is -1.57. The number of ether oxygens (including phenoxy) is 6. The summed E-state index contributed by atoms with van der Waals surface area (Å²) in [7, 11) is 0. The Kier molecular flexibility index (Phi) is 19.5. The average Bonchev–Trinajstić information content (AvgIpc) is 3.99. The van der Waals surface area contributed by atoms with Crippen LogP contribution in [0.1, 0.15) is 128 Å². The molecule has 4 aliphatic heterocycles. The summed E-state index contributed by atoms with van der Waals surface area (Å²) >= 11 is 0. The second-order valence-corrected chi connectivity index (χ2v) is 23.7. The van der Waals surface area contributed by atoms with Gasteiger partial charge in [0.15, 0.2) is 18.4 Å². The molecule has 4 amide bonds. The first-order valence-corrected chi connectivity index (χ1v) is 28.2. The van der Waals surface area contributed by atoms with E-state index in [1.807, 2.05) is 6.92 Å². The zero-order valence-electron chi connectivity index (χ0n) is 46.4. The quantitative estimate of drug-likeness (QED) is 0.0372. The highest BCUT2D eigenvalue weighted by Gasteiger charge is 2.66. The van der Waals surface area contributed by atoms with Crippen molar-refractivity contribution in [1.82, 2.24) is 31.3 Å². The van der Waals surface area contributed by atoms with E-state index in [2.05, 4.69) is 57.2 Å². The van der Waals surface area contributed by atoms with Gasteiger partial charge in [0, 0.05) is 55.2 Å². The average molecular weight is 1100 g/mol. The van der Waals surface area contributed by atoms with Crippen molar-refractivity contribution in [3.05, 3.63) is 53.6 Å². The van der Waals surface area contributed by atoms with Crippen LogP contribution < -0.4 is 21.4 Å². The Morgan fingerprint density at radius 3 is 2.29 bits per heavy atom. The van der Waals surface area contributed by atoms with Crippen molar-refractivity contribution in [2.24, 2.45) is 64.3 Å². The van der Waals surface area contributed by atoms with Crippen molar-refractivity contribution in [1.29, 1.82) is 0 Å². The molecule has 6 unspecified atom stereocenters. The lowest BCUT2D eigenvalue weighted by atomic mass is 9.55. The summed E-state index contributed by atoms with van der Waals surface area (Å²) in [6.45, 7) is 15.3. The van der Waals surface area contributed by atoms with E-state index in [-0.39, 0.29) is 92.3 Å². The van der Waals surface area contributed by atoms with Crippen molar-refractivity contribution in [3.63, 3.8) is 0 Å². The molecule has 2 aromatic rings. The van der Waals surface area contributed by atoms with Gasteiger partial charge in [-0.15, -0.1) is 0 Å². The maximum Gasteiger partial charge on any atom is 0.251 e. The van der Waals surface area contributed by atoms with Gasteiger partial charge in [0.2, 0.25) is 23.5 Å². The molecule has 8 rings (SSSR count). The van der Waals surface area contributed by atoms with E-state index in [1.54, 1.807) is 57.6 Å². The summed E-state index contributed by atoms with van der Waals surface area (Å²) in [5.41, 5.74) is 3.22. The Labute approximate surface area is 457 Å². The van der Waals surface area contributed by atoms with Gasteiger partial charge in [-0.1, -0.05) is 46.2 Å². The minimum absolute atomic E-state index is 0.00160. The largest absolute Gasteiger partial charge is 0.391 e. The topological polar surface area (TPSA) is 303 Å². The summed E-state index contributed by atoms with van der Waals surface area (Å²) in [5, 5.41) is 57.1. The number of H-pyrrole nitrogens is 1. The van der Waals surface area contributed by atoms with Gasteiger partial charge in [0.25, 0.3) is 5.91 Å². The number of amides is 4. The molecule has 6 fully saturated rings. The molecule has 22 nitrogen and oxygen atoms in total. The number of nitrogens with one attached hydrogen (secondary N) is 5. The molecule has 22 heteroatoms. The lowest BCUT2D eigenvalue weighted by molar-refractivity contribution is -0.437. The molecule has 78 heavy (non-hydrogen) atoms. The number of aromatic nitrogens is 2. The monoisotopic (exact) mass is 1100 g/mol. The molecule has 0 bridgehead atoms. The number of imidazole rings is 1. The van der Waals surface area contributed by atoms with Crippen LogP contribution in [0, 0.1) is 59.2 Å². The van der Waals surface area contributed by atoms with Gasteiger partial charge in [-0.25, -0.2) is 20.6 Å². The summed E-state index contributed by atoms with van der Waals surface area (Å²) in [4.78, 5) is 65.3. The van der Waals surface area contributed by atoms with Crippen LogP contribution in [0.5, 0.6) is 0 Å². The molecule has 6 aliphatic rings. The van der Waals surface area contributed by atoms with Crippen LogP contribution in [-0.4, -0.2) is 154 Å². The number of hydrogen-bond donors (Lipinski definition) is 9. The summed E-state index contributed by atoms with van der Waals surface area (Å²) < 4.78 is 37.9. The maximum absolute atomic E-state index is 15.1. The Bertz CT molecular complexity index is 2360. The van der Waals surface area contributed by atoms with Gasteiger partial charge in [0.1, 0.15) is 18.2 Å². The second kappa shape index (κ2) is 25.6. The molecule has 1 aromatic heterocycles. The molecule has 5 heterocycles. The van der Waals surface area contributed by atoms with Crippen molar-refractivity contribution >= 4 is 29.8 Å². The smallest absolute Gasteiger partial charge is 0.251 e. The zero-order chi connectivity index (χ0) is 56.1. The summed E-state index contributed by atoms with van der Waals surface area (Å²) in [6, 6.07) is 5.22. The van der Waals surface area contributed by atoms with Crippen LogP contribution in [0.15, 0.2) is 41.9 Å². The number of carbonyl (C=O) groups excluding carboxylic acids is 4. The van der Waals surface area contributed by atoms with Gasteiger partial charge in [0.05, 0.1) is 56.6 Å². The number of aliphatic hydroxyl groups excluding tert-OH is 1. The first-order chi connectivity index (χ1) is 37.1. The summed E-state index contributed by atoms with van der Waals surface area (Å²) in [5.74, 6) is -5.86. The molecule has 4 saturated heterocycles. The molecule has 9 N–H and O–H groups in total. The fourth-order valence-electron chi connectivity index (χ4n) is 13.9. The predicted octanol–water partition coefficient (Wildman–Crippen LogP) is 3.78. The first-order valence-electron chi connectivity index (χ1n) is 28.2. The molecular formula is C56H85N7O15. The van der Waals surface area contributed by atoms with Crippen molar-refractivity contribution in [3.8, 4) is 0 Å². The Balaban J connectivity index is 0.861. The van der Waals surface area contributed by atoms with Gasteiger partial charge in [-0.3, -0.25) is 19.2 Å². The van der Waals surface area contributed by atoms with Crippen LogP contribution in [0.3, 0.4) is 0 Å². The Morgan fingerprint density at radius 2 is 1.58 bits per heavy atom. The molecule has 1 aromatic carbocycles. The number of hydrogen-bond acceptors (Lipinski definition) is 17. The van der Waals surface area contributed by atoms with E-state index in [1.165, 1.54) is 13.1 Å². The Morgan fingerprint density at radius 1 is 0.846 bits per heavy atom. The third-order valence-electron chi connectivity index (χ3n) is 18.1. The molecule has 2 saturated carbocycles. The maximum atomic E-state index is 15.1. The number of benzene rings is 1. The van der Waals surface area contributed by atoms with Gasteiger partial charge in [-0.05, 0) is 125 Å². The van der Waals surface area contributed by atoms with E-state index in [0.717, 1.165) is 31.4 Å². The first kappa shape index (κ1) is 59.7. The highest BCUT2D eigenvalue weighted by molar-refractivity contribution is 5.95. The lowest BCUT2D eigenvalue weighted by Gasteiger charge is -2.59. The lowest BCUT2D eigenvalue weighted by Crippen LogP contribution is -2.69. The van der Waals surface area contributed by atoms with Crippen LogP contribution in [0.25, 0.3) is 0 Å². The second-order valence-electron chi connectivity index (χ2n) is 23.7. The summed E-state index contributed by atoms with van der Waals surface area (Å²) in [6.07, 6.45) is 6.00. The normalized spacial score (nSPS) is 37.1. The van der Waals surface area contributed by atoms with Gasteiger partial charge >= 0.3 is 0 Å². The fraction of sp³-hybridized carbons (Fsp3) is 0.750. The molecular weight excluding hydrogens is 1010 g/mol. The number of nitrogens with zero attached hydrogens (tertiary/aromatic N) is 2. The van der Waals surface area contributed by atoms with E-state index in [0.29, 0.717) is 49.1 Å². The van der Waals surface area contributed by atoms with E-state index < -0.39 is 77.7 Å². The highest BCUT2D eigenvalue weighted by Crippen LogP contribution is 2.59. The number of aliphatic hydroxyl groups is 3. The van der Waals surface area contributed by atoms with Crippen LogP contribution in [0.4, 0.5) is 0 Å². The van der Waals surface area contributed by atoms with Gasteiger partial charge in [-0.2, -0.15) is 5.10 Å². The third-order valence-corrected chi connectivity index (χ3v) is 18.1. The van der Waals surface area contributed by atoms with Crippen LogP contribution in [0.2, 0.25) is 0 Å². The molecule has 0 spiro atoms. The van der Waals surface area contributed by atoms with E-state index >= 15 is 4.79 Å². The number of hydrazone groups is 1.